The summed E-state index contributed by atoms with van der Waals surface area (Å²) in [6.45, 7) is 0.268. The normalized spacial score (nSPS) is 16.8. The molecular weight excluding hydrogens is 394 g/mol. The van der Waals surface area contributed by atoms with Crippen molar-refractivity contribution < 1.29 is 14.5 Å². The average Bonchev–Trinajstić information content (AvgIpc) is 3.19. The van der Waals surface area contributed by atoms with Crippen molar-refractivity contribution in [1.82, 2.24) is 5.01 Å². The summed E-state index contributed by atoms with van der Waals surface area (Å²) in [6, 6.07) is 13.2. The SMILES string of the molecule is N=C1/C(=C/c2ccc(OCc3ccc([N+](=O)[O-])cc3)cc2)C(=O)N=C2SC=NN12. The van der Waals surface area contributed by atoms with Crippen LogP contribution in [-0.4, -0.2) is 32.4 Å². The number of thioether (sulfide) groups is 1. The van der Waals surface area contributed by atoms with E-state index in [0.29, 0.717) is 10.9 Å². The Balaban J connectivity index is 1.43. The van der Waals surface area contributed by atoms with Gasteiger partial charge in [-0.15, -0.1) is 0 Å². The second kappa shape index (κ2) is 7.68. The van der Waals surface area contributed by atoms with Crippen LogP contribution in [0.2, 0.25) is 0 Å². The van der Waals surface area contributed by atoms with Gasteiger partial charge in [-0.1, -0.05) is 12.1 Å². The van der Waals surface area contributed by atoms with Crippen LogP contribution in [0.1, 0.15) is 11.1 Å². The number of hydrogen-bond acceptors (Lipinski definition) is 7. The number of carbonyl (C=O) groups excluding carboxylic acids is 1. The Labute approximate surface area is 169 Å². The number of hydrazone groups is 1. The lowest BCUT2D eigenvalue weighted by Crippen LogP contribution is -2.35. The molecule has 1 N–H and O–H groups in total. The molecule has 2 aliphatic rings. The summed E-state index contributed by atoms with van der Waals surface area (Å²) in [7, 11) is 0. The van der Waals surface area contributed by atoms with E-state index in [-0.39, 0.29) is 23.7 Å². The molecule has 0 fully saturated rings. The number of amides is 1. The number of carbonyl (C=O) groups is 1. The van der Waals surface area contributed by atoms with Gasteiger partial charge < -0.3 is 4.74 Å². The van der Waals surface area contributed by atoms with E-state index < -0.39 is 10.8 Å². The molecule has 0 aliphatic carbocycles. The fourth-order valence-corrected chi connectivity index (χ4v) is 3.25. The molecule has 0 radical (unpaired) electrons. The maximum Gasteiger partial charge on any atom is 0.283 e. The zero-order valence-electron chi connectivity index (χ0n) is 14.8. The highest BCUT2D eigenvalue weighted by molar-refractivity contribution is 8.25. The summed E-state index contributed by atoms with van der Waals surface area (Å²) in [5.41, 5.74) is 3.24. The largest absolute Gasteiger partial charge is 0.489 e. The molecule has 0 saturated carbocycles. The zero-order valence-corrected chi connectivity index (χ0v) is 15.6. The van der Waals surface area contributed by atoms with Crippen molar-refractivity contribution in [3.63, 3.8) is 0 Å². The van der Waals surface area contributed by atoms with Crippen molar-refractivity contribution in [2.45, 2.75) is 6.61 Å². The van der Waals surface area contributed by atoms with Gasteiger partial charge in [0.05, 0.1) is 16.0 Å². The lowest BCUT2D eigenvalue weighted by molar-refractivity contribution is -0.384. The van der Waals surface area contributed by atoms with Crippen molar-refractivity contribution in [2.24, 2.45) is 10.1 Å². The Kier molecular flexibility index (Phi) is 4.92. The van der Waals surface area contributed by atoms with Crippen LogP contribution in [0.3, 0.4) is 0 Å². The molecule has 144 valence electrons. The van der Waals surface area contributed by atoms with Gasteiger partial charge >= 0.3 is 0 Å². The van der Waals surface area contributed by atoms with Gasteiger partial charge in [-0.3, -0.25) is 20.3 Å². The molecule has 2 aliphatic heterocycles. The summed E-state index contributed by atoms with van der Waals surface area (Å²) < 4.78 is 5.68. The van der Waals surface area contributed by atoms with Gasteiger partial charge in [-0.25, -0.2) is 0 Å². The van der Waals surface area contributed by atoms with Gasteiger partial charge in [-0.05, 0) is 53.2 Å². The molecule has 2 heterocycles. The number of nitro groups is 1. The number of rotatable bonds is 5. The van der Waals surface area contributed by atoms with Crippen molar-refractivity contribution in [1.29, 1.82) is 5.41 Å². The highest BCUT2D eigenvalue weighted by Crippen LogP contribution is 2.25. The maximum absolute atomic E-state index is 12.2. The van der Waals surface area contributed by atoms with E-state index in [4.69, 9.17) is 10.1 Å². The quantitative estimate of drug-likeness (QED) is 0.460. The average molecular weight is 407 g/mol. The monoisotopic (exact) mass is 407 g/mol. The van der Waals surface area contributed by atoms with Crippen molar-refractivity contribution >= 4 is 46.0 Å². The first kappa shape index (κ1) is 18.6. The summed E-state index contributed by atoms with van der Waals surface area (Å²) in [5.74, 6) is 0.119. The standard InChI is InChI=1S/C19H13N5O4S/c20-17-16(18(25)22-19-23(17)21-11-29-19)9-12-3-7-15(8-4-12)28-10-13-1-5-14(6-2-13)24(26)27/h1-9,11,20H,10H2/b16-9-,20-17?. The van der Waals surface area contributed by atoms with Crippen LogP contribution in [0.15, 0.2) is 64.2 Å². The molecule has 2 aromatic rings. The fraction of sp³-hybridized carbons (Fsp3) is 0.0526. The van der Waals surface area contributed by atoms with Gasteiger partial charge in [0, 0.05) is 12.1 Å². The number of non-ortho nitro benzene ring substituents is 1. The molecule has 10 heteroatoms. The molecule has 0 bridgehead atoms. The molecule has 29 heavy (non-hydrogen) atoms. The number of nitro benzene ring substituents is 1. The van der Waals surface area contributed by atoms with Gasteiger partial charge in [0.2, 0.25) is 0 Å². The first-order valence-corrected chi connectivity index (χ1v) is 9.28. The number of fused-ring (bicyclic) bond motifs is 1. The summed E-state index contributed by atoms with van der Waals surface area (Å²) in [6.07, 6.45) is 1.59. The Hall–Kier alpha value is -3.79. The van der Waals surface area contributed by atoms with Gasteiger partial charge in [0.25, 0.3) is 11.6 Å². The fourth-order valence-electron chi connectivity index (χ4n) is 2.64. The van der Waals surface area contributed by atoms with Crippen LogP contribution >= 0.6 is 11.8 Å². The van der Waals surface area contributed by atoms with Crippen molar-refractivity contribution in [2.75, 3.05) is 0 Å². The minimum Gasteiger partial charge on any atom is -0.489 e. The minimum absolute atomic E-state index is 0.0141. The topological polar surface area (TPSA) is 121 Å². The number of nitrogens with zero attached hydrogens (tertiary/aromatic N) is 4. The van der Waals surface area contributed by atoms with Gasteiger partial charge in [0.15, 0.2) is 11.0 Å². The third-order valence-electron chi connectivity index (χ3n) is 4.14. The molecule has 0 spiro atoms. The van der Waals surface area contributed by atoms with E-state index in [9.17, 15) is 14.9 Å². The summed E-state index contributed by atoms with van der Waals surface area (Å²) in [5, 5.41) is 24.6. The smallest absolute Gasteiger partial charge is 0.283 e. The summed E-state index contributed by atoms with van der Waals surface area (Å²) >= 11 is 1.20. The van der Waals surface area contributed by atoms with E-state index in [1.807, 2.05) is 0 Å². The van der Waals surface area contributed by atoms with Gasteiger partial charge in [-0.2, -0.15) is 15.1 Å². The molecular formula is C19H13N5O4S. The molecule has 1 amide bonds. The predicted molar refractivity (Wildman–Crippen MR) is 110 cm³/mol. The minimum atomic E-state index is -0.474. The van der Waals surface area contributed by atoms with Crippen molar-refractivity contribution in [3.05, 3.63) is 75.3 Å². The zero-order chi connectivity index (χ0) is 20.4. The Morgan fingerprint density at radius 3 is 2.59 bits per heavy atom. The van der Waals surface area contributed by atoms with Crippen LogP contribution in [-0.2, 0) is 11.4 Å². The highest BCUT2D eigenvalue weighted by Gasteiger charge is 2.32. The van der Waals surface area contributed by atoms with E-state index in [1.165, 1.54) is 34.5 Å². The molecule has 0 aromatic heterocycles. The van der Waals surface area contributed by atoms with E-state index in [2.05, 4.69) is 10.1 Å². The second-order valence-electron chi connectivity index (χ2n) is 6.04. The van der Waals surface area contributed by atoms with E-state index in [0.717, 1.165) is 11.1 Å². The summed E-state index contributed by atoms with van der Waals surface area (Å²) in [4.78, 5) is 26.4. The third kappa shape index (κ3) is 3.92. The molecule has 2 aromatic carbocycles. The molecule has 9 nitrogen and oxygen atoms in total. The van der Waals surface area contributed by atoms with Crippen LogP contribution in [0.4, 0.5) is 5.69 Å². The first-order valence-electron chi connectivity index (χ1n) is 8.40. The number of amidine groups is 2. The molecule has 0 unspecified atom stereocenters. The lowest BCUT2D eigenvalue weighted by atomic mass is 10.1. The van der Waals surface area contributed by atoms with Crippen molar-refractivity contribution in [3.8, 4) is 5.75 Å². The Bertz CT molecular complexity index is 1090. The highest BCUT2D eigenvalue weighted by atomic mass is 32.2. The number of ether oxygens (including phenoxy) is 1. The predicted octanol–water partition coefficient (Wildman–Crippen LogP) is 3.42. The third-order valence-corrected chi connectivity index (χ3v) is 4.81. The number of nitrogens with one attached hydrogen (secondary N) is 1. The van der Waals surface area contributed by atoms with Crippen LogP contribution < -0.4 is 4.74 Å². The maximum atomic E-state index is 12.2. The molecule has 4 rings (SSSR count). The Morgan fingerprint density at radius 1 is 1.17 bits per heavy atom. The number of hydrogen-bond donors (Lipinski definition) is 1. The Morgan fingerprint density at radius 2 is 1.90 bits per heavy atom. The number of benzene rings is 2. The first-order chi connectivity index (χ1) is 14.0. The second-order valence-corrected chi connectivity index (χ2v) is 6.85. The van der Waals surface area contributed by atoms with Gasteiger partial charge in [0.1, 0.15) is 12.4 Å². The van der Waals surface area contributed by atoms with E-state index >= 15 is 0 Å². The lowest BCUT2D eigenvalue weighted by Gasteiger charge is -2.20. The molecule has 0 saturated heterocycles. The van der Waals surface area contributed by atoms with Crippen LogP contribution in [0.5, 0.6) is 5.75 Å². The molecule has 0 atom stereocenters. The number of aliphatic imine (C=N–C) groups is 1. The van der Waals surface area contributed by atoms with E-state index in [1.54, 1.807) is 42.5 Å². The van der Waals surface area contributed by atoms with Crippen LogP contribution in [0, 0.1) is 15.5 Å². The van der Waals surface area contributed by atoms with Crippen LogP contribution in [0.25, 0.3) is 6.08 Å².